The molecule has 0 aliphatic carbocycles. The van der Waals surface area contributed by atoms with E-state index in [1.54, 1.807) is 0 Å². The first-order valence-electron chi connectivity index (χ1n) is 10.1. The molecule has 2 heterocycles. The first-order chi connectivity index (χ1) is 12.3. The Morgan fingerprint density at radius 3 is 2.54 bits per heavy atom. The average molecular weight is 357 g/mol. The standard InChI is InChI=1S/C22H36N4/c1-21(2)17-26(22(21,3)4)20(23-5)24-15-19-12-14-25(16-19)13-11-18-9-7-6-8-10-18/h6-10,19H,11-17H2,1-5H3,(H,23,24). The molecule has 0 spiro atoms. The van der Waals surface area contributed by atoms with Gasteiger partial charge in [0.15, 0.2) is 5.96 Å². The van der Waals surface area contributed by atoms with Gasteiger partial charge in [-0.1, -0.05) is 44.2 Å². The van der Waals surface area contributed by atoms with E-state index in [1.807, 2.05) is 7.05 Å². The van der Waals surface area contributed by atoms with Crippen molar-refractivity contribution >= 4 is 5.96 Å². The number of nitrogens with one attached hydrogen (secondary N) is 1. The summed E-state index contributed by atoms with van der Waals surface area (Å²) >= 11 is 0. The molecule has 0 amide bonds. The number of benzene rings is 1. The number of rotatable bonds is 5. The van der Waals surface area contributed by atoms with Gasteiger partial charge in [0.05, 0.1) is 0 Å². The first kappa shape index (κ1) is 19.2. The third-order valence-corrected chi connectivity index (χ3v) is 6.83. The Kier molecular flexibility index (Phi) is 5.61. The van der Waals surface area contributed by atoms with Crippen LogP contribution >= 0.6 is 0 Å². The van der Waals surface area contributed by atoms with Crippen molar-refractivity contribution in [1.82, 2.24) is 15.1 Å². The molecule has 0 saturated carbocycles. The zero-order valence-electron chi connectivity index (χ0n) is 17.3. The van der Waals surface area contributed by atoms with Gasteiger partial charge < -0.3 is 15.1 Å². The van der Waals surface area contributed by atoms with E-state index in [-0.39, 0.29) is 5.54 Å². The summed E-state index contributed by atoms with van der Waals surface area (Å²) in [4.78, 5) is 9.58. The molecule has 1 unspecified atom stereocenters. The monoisotopic (exact) mass is 356 g/mol. The molecule has 0 aromatic heterocycles. The highest BCUT2D eigenvalue weighted by molar-refractivity contribution is 5.82. The van der Waals surface area contributed by atoms with Crippen LogP contribution in [0.2, 0.25) is 0 Å². The molecule has 1 aromatic carbocycles. The highest BCUT2D eigenvalue weighted by Gasteiger charge is 2.53. The van der Waals surface area contributed by atoms with Crippen molar-refractivity contribution in [3.8, 4) is 0 Å². The van der Waals surface area contributed by atoms with E-state index in [9.17, 15) is 0 Å². The Hall–Kier alpha value is -1.55. The second kappa shape index (κ2) is 7.59. The smallest absolute Gasteiger partial charge is 0.194 e. The Bertz CT molecular complexity index is 620. The second-order valence-electron chi connectivity index (χ2n) is 9.15. The van der Waals surface area contributed by atoms with Crippen molar-refractivity contribution in [3.05, 3.63) is 35.9 Å². The zero-order chi connectivity index (χ0) is 18.8. The molecule has 4 heteroatoms. The van der Waals surface area contributed by atoms with Gasteiger partial charge in [0.1, 0.15) is 0 Å². The molecule has 2 aliphatic heterocycles. The largest absolute Gasteiger partial charge is 0.356 e. The van der Waals surface area contributed by atoms with E-state index in [0.717, 1.165) is 31.4 Å². The number of guanidine groups is 1. The molecule has 144 valence electrons. The molecule has 4 nitrogen and oxygen atoms in total. The van der Waals surface area contributed by atoms with Crippen LogP contribution in [-0.4, -0.2) is 61.1 Å². The Morgan fingerprint density at radius 1 is 1.19 bits per heavy atom. The lowest BCUT2D eigenvalue weighted by Crippen LogP contribution is -2.72. The topological polar surface area (TPSA) is 30.9 Å². The molecule has 0 radical (unpaired) electrons. The van der Waals surface area contributed by atoms with Gasteiger partial charge in [-0.25, -0.2) is 0 Å². The molecule has 2 aliphatic rings. The number of hydrogen-bond acceptors (Lipinski definition) is 2. The van der Waals surface area contributed by atoms with Gasteiger partial charge in [-0.15, -0.1) is 0 Å². The lowest BCUT2D eigenvalue weighted by atomic mass is 9.65. The number of hydrogen-bond donors (Lipinski definition) is 1. The first-order valence-corrected chi connectivity index (χ1v) is 10.1. The molecule has 3 rings (SSSR count). The van der Waals surface area contributed by atoms with Gasteiger partial charge in [-0.2, -0.15) is 0 Å². The van der Waals surface area contributed by atoms with Crippen LogP contribution in [0.5, 0.6) is 0 Å². The maximum atomic E-state index is 4.55. The highest BCUT2D eigenvalue weighted by atomic mass is 15.4. The maximum absolute atomic E-state index is 4.55. The normalized spacial score (nSPS) is 25.2. The zero-order valence-corrected chi connectivity index (χ0v) is 17.3. The fraction of sp³-hybridized carbons (Fsp3) is 0.682. The third kappa shape index (κ3) is 3.90. The summed E-state index contributed by atoms with van der Waals surface area (Å²) in [6.45, 7) is 15.0. The SMILES string of the molecule is CN=C(NCC1CCN(CCc2ccccc2)C1)N1CC(C)(C)C1(C)C. The number of nitrogens with zero attached hydrogens (tertiary/aromatic N) is 3. The predicted octanol–water partition coefficient (Wildman–Crippen LogP) is 3.25. The van der Waals surface area contributed by atoms with Crippen molar-refractivity contribution in [3.63, 3.8) is 0 Å². The highest BCUT2D eigenvalue weighted by Crippen LogP contribution is 2.46. The Labute approximate surface area is 159 Å². The van der Waals surface area contributed by atoms with E-state index in [0.29, 0.717) is 5.41 Å². The Balaban J connectivity index is 1.43. The van der Waals surface area contributed by atoms with Gasteiger partial charge in [0.2, 0.25) is 0 Å². The minimum absolute atomic E-state index is 0.159. The summed E-state index contributed by atoms with van der Waals surface area (Å²) in [5.74, 6) is 1.79. The summed E-state index contributed by atoms with van der Waals surface area (Å²) in [5, 5.41) is 3.65. The van der Waals surface area contributed by atoms with Gasteiger partial charge in [-0.05, 0) is 44.7 Å². The van der Waals surface area contributed by atoms with Gasteiger partial charge >= 0.3 is 0 Å². The molecule has 1 aromatic rings. The van der Waals surface area contributed by atoms with Crippen molar-refractivity contribution in [1.29, 1.82) is 0 Å². The predicted molar refractivity (Wildman–Crippen MR) is 111 cm³/mol. The summed E-state index contributed by atoms with van der Waals surface area (Å²) in [6.07, 6.45) is 2.44. The van der Waals surface area contributed by atoms with Crippen LogP contribution in [0.3, 0.4) is 0 Å². The van der Waals surface area contributed by atoms with Crippen molar-refractivity contribution in [2.75, 3.05) is 39.8 Å². The molecule has 26 heavy (non-hydrogen) atoms. The second-order valence-corrected chi connectivity index (χ2v) is 9.15. The van der Waals surface area contributed by atoms with Crippen molar-refractivity contribution in [2.24, 2.45) is 16.3 Å². The number of likely N-dealkylation sites (tertiary alicyclic amines) is 2. The van der Waals surface area contributed by atoms with Crippen molar-refractivity contribution in [2.45, 2.75) is 46.1 Å². The molecule has 0 bridgehead atoms. The van der Waals surface area contributed by atoms with Crippen LogP contribution in [-0.2, 0) is 6.42 Å². The van der Waals surface area contributed by atoms with Crippen LogP contribution in [0.25, 0.3) is 0 Å². The van der Waals surface area contributed by atoms with E-state index in [1.165, 1.54) is 31.6 Å². The van der Waals surface area contributed by atoms with E-state index < -0.39 is 0 Å². The summed E-state index contributed by atoms with van der Waals surface area (Å²) in [7, 11) is 1.91. The third-order valence-electron chi connectivity index (χ3n) is 6.83. The molecule has 2 saturated heterocycles. The van der Waals surface area contributed by atoms with E-state index in [2.05, 4.69) is 78.1 Å². The molecule has 2 fully saturated rings. The van der Waals surface area contributed by atoms with E-state index in [4.69, 9.17) is 0 Å². The minimum Gasteiger partial charge on any atom is -0.356 e. The lowest BCUT2D eigenvalue weighted by Gasteiger charge is -2.62. The Morgan fingerprint density at radius 2 is 1.92 bits per heavy atom. The quantitative estimate of drug-likeness (QED) is 0.649. The minimum atomic E-state index is 0.159. The van der Waals surface area contributed by atoms with Gasteiger partial charge in [0, 0.05) is 44.2 Å². The van der Waals surface area contributed by atoms with Crippen molar-refractivity contribution < 1.29 is 0 Å². The van der Waals surface area contributed by atoms with E-state index >= 15 is 0 Å². The molecular weight excluding hydrogens is 320 g/mol. The number of aliphatic imine (C=N–C) groups is 1. The average Bonchev–Trinajstić information content (AvgIpc) is 3.08. The maximum Gasteiger partial charge on any atom is 0.194 e. The van der Waals surface area contributed by atoms with Crippen LogP contribution in [0.4, 0.5) is 0 Å². The molecule has 1 atom stereocenters. The lowest BCUT2D eigenvalue weighted by molar-refractivity contribution is -0.0668. The summed E-state index contributed by atoms with van der Waals surface area (Å²) in [6, 6.07) is 10.8. The molecule has 1 N–H and O–H groups in total. The molecular formula is C22H36N4. The summed E-state index contributed by atoms with van der Waals surface area (Å²) in [5.41, 5.74) is 1.94. The van der Waals surface area contributed by atoms with Crippen LogP contribution < -0.4 is 5.32 Å². The van der Waals surface area contributed by atoms with Gasteiger partial charge in [0.25, 0.3) is 0 Å². The fourth-order valence-electron chi connectivity index (χ4n) is 4.15. The van der Waals surface area contributed by atoms with Crippen LogP contribution in [0.15, 0.2) is 35.3 Å². The van der Waals surface area contributed by atoms with Gasteiger partial charge in [-0.3, -0.25) is 4.99 Å². The van der Waals surface area contributed by atoms with Crippen LogP contribution in [0, 0.1) is 11.3 Å². The summed E-state index contributed by atoms with van der Waals surface area (Å²) < 4.78 is 0. The fourth-order valence-corrected chi connectivity index (χ4v) is 4.15. The van der Waals surface area contributed by atoms with Crippen LogP contribution in [0.1, 0.15) is 39.7 Å².